The third kappa shape index (κ3) is 3.96. The molecule has 0 radical (unpaired) electrons. The van der Waals surface area contributed by atoms with Crippen molar-refractivity contribution >= 4 is 29.7 Å². The van der Waals surface area contributed by atoms with Crippen LogP contribution in [0, 0.1) is 0 Å². The fourth-order valence-electron chi connectivity index (χ4n) is 2.72. The van der Waals surface area contributed by atoms with Crippen molar-refractivity contribution in [1.82, 2.24) is 0 Å². The molecule has 0 fully saturated rings. The van der Waals surface area contributed by atoms with Gasteiger partial charge in [0.2, 0.25) is 0 Å². The molecule has 122 valence electrons. The van der Waals surface area contributed by atoms with Crippen molar-refractivity contribution in [1.29, 1.82) is 0 Å². The highest BCUT2D eigenvalue weighted by molar-refractivity contribution is 6.06. The van der Waals surface area contributed by atoms with Crippen molar-refractivity contribution in [2.24, 2.45) is 0 Å². The van der Waals surface area contributed by atoms with Crippen LogP contribution >= 0.6 is 12.4 Å². The Hall–Kier alpha value is -2.20. The zero-order valence-electron chi connectivity index (χ0n) is 13.1. The lowest BCUT2D eigenvalue weighted by Crippen LogP contribution is -2.19. The molecule has 1 aliphatic heterocycles. The first-order chi connectivity index (χ1) is 10.8. The summed E-state index contributed by atoms with van der Waals surface area (Å²) in [5, 5.41) is 6.30. The van der Waals surface area contributed by atoms with E-state index in [9.17, 15) is 4.79 Å². The first kappa shape index (κ1) is 17.2. The smallest absolute Gasteiger partial charge is 0.256 e. The molecule has 0 atom stereocenters. The summed E-state index contributed by atoms with van der Waals surface area (Å²) in [5.74, 6) is 0.742. The first-order valence-corrected chi connectivity index (χ1v) is 7.68. The SMILES string of the molecule is CCOc1ccc(NC(=O)c2cccc3c2CCCN3)cc1.Cl. The maximum atomic E-state index is 12.5. The van der Waals surface area contributed by atoms with Gasteiger partial charge in [-0.2, -0.15) is 0 Å². The summed E-state index contributed by atoms with van der Waals surface area (Å²) in [5.41, 5.74) is 3.70. The molecule has 0 aliphatic carbocycles. The van der Waals surface area contributed by atoms with E-state index in [-0.39, 0.29) is 18.3 Å². The number of hydrogen-bond acceptors (Lipinski definition) is 3. The number of carbonyl (C=O) groups excluding carboxylic acids is 1. The highest BCUT2D eigenvalue weighted by Crippen LogP contribution is 2.26. The Morgan fingerprint density at radius 2 is 2.00 bits per heavy atom. The Kier molecular flexibility index (Phi) is 5.88. The summed E-state index contributed by atoms with van der Waals surface area (Å²) >= 11 is 0. The van der Waals surface area contributed by atoms with Crippen LogP contribution in [0.1, 0.15) is 29.3 Å². The lowest BCUT2D eigenvalue weighted by Gasteiger charge is -2.20. The average Bonchev–Trinajstić information content (AvgIpc) is 2.56. The second kappa shape index (κ2) is 7.88. The predicted molar refractivity (Wildman–Crippen MR) is 96.1 cm³/mol. The molecule has 0 saturated carbocycles. The van der Waals surface area contributed by atoms with Crippen molar-refractivity contribution < 1.29 is 9.53 Å². The van der Waals surface area contributed by atoms with Crippen LogP contribution in [0.15, 0.2) is 42.5 Å². The van der Waals surface area contributed by atoms with Crippen molar-refractivity contribution in [2.45, 2.75) is 19.8 Å². The summed E-state index contributed by atoms with van der Waals surface area (Å²) in [6.07, 6.45) is 2.00. The van der Waals surface area contributed by atoms with E-state index in [0.29, 0.717) is 6.61 Å². The number of halogens is 1. The van der Waals surface area contributed by atoms with Gasteiger partial charge < -0.3 is 15.4 Å². The van der Waals surface area contributed by atoms with E-state index < -0.39 is 0 Å². The monoisotopic (exact) mass is 332 g/mol. The van der Waals surface area contributed by atoms with Gasteiger partial charge in [-0.15, -0.1) is 12.4 Å². The highest BCUT2D eigenvalue weighted by Gasteiger charge is 2.17. The van der Waals surface area contributed by atoms with Crippen molar-refractivity contribution in [3.8, 4) is 5.75 Å². The number of ether oxygens (including phenoxy) is 1. The molecule has 4 nitrogen and oxygen atoms in total. The van der Waals surface area contributed by atoms with Crippen molar-refractivity contribution in [3.63, 3.8) is 0 Å². The summed E-state index contributed by atoms with van der Waals surface area (Å²) in [6.45, 7) is 3.55. The topological polar surface area (TPSA) is 50.4 Å². The molecule has 5 heteroatoms. The van der Waals surface area contributed by atoms with Crippen molar-refractivity contribution in [3.05, 3.63) is 53.6 Å². The predicted octanol–water partition coefficient (Wildman–Crippen LogP) is 4.12. The number of nitrogens with one attached hydrogen (secondary N) is 2. The van der Waals surface area contributed by atoms with Gasteiger partial charge >= 0.3 is 0 Å². The maximum Gasteiger partial charge on any atom is 0.256 e. The van der Waals surface area contributed by atoms with Crippen LogP contribution in [-0.4, -0.2) is 19.1 Å². The standard InChI is InChI=1S/C18H20N2O2.ClH/c1-2-22-14-10-8-13(9-11-14)20-18(21)16-5-3-7-17-15(16)6-4-12-19-17;/h3,5,7-11,19H,2,4,6,12H2,1H3,(H,20,21);1H. The first-order valence-electron chi connectivity index (χ1n) is 7.68. The molecule has 1 heterocycles. The summed E-state index contributed by atoms with van der Waals surface area (Å²) in [6, 6.07) is 13.3. The zero-order valence-corrected chi connectivity index (χ0v) is 13.9. The van der Waals surface area contributed by atoms with Gasteiger partial charge in [-0.1, -0.05) is 6.07 Å². The molecule has 1 aliphatic rings. The summed E-state index contributed by atoms with van der Waals surface area (Å²) in [7, 11) is 0. The number of fused-ring (bicyclic) bond motifs is 1. The van der Waals surface area contributed by atoms with Crippen LogP contribution in [-0.2, 0) is 6.42 Å². The third-order valence-electron chi connectivity index (χ3n) is 3.76. The van der Waals surface area contributed by atoms with Crippen LogP contribution in [0.5, 0.6) is 5.75 Å². The number of benzene rings is 2. The second-order valence-corrected chi connectivity index (χ2v) is 5.27. The highest BCUT2D eigenvalue weighted by atomic mass is 35.5. The lowest BCUT2D eigenvalue weighted by atomic mass is 9.97. The molecule has 0 aromatic heterocycles. The molecule has 2 aromatic rings. The number of amides is 1. The minimum Gasteiger partial charge on any atom is -0.494 e. The number of anilines is 2. The normalized spacial score (nSPS) is 12.4. The van der Waals surface area contributed by atoms with Crippen LogP contribution in [0.2, 0.25) is 0 Å². The van der Waals surface area contributed by atoms with Crippen LogP contribution in [0.4, 0.5) is 11.4 Å². The Labute approximate surface area is 142 Å². The quantitative estimate of drug-likeness (QED) is 0.885. The molecule has 0 bridgehead atoms. The molecule has 0 spiro atoms. The number of rotatable bonds is 4. The van der Waals surface area contributed by atoms with Gasteiger partial charge in [0.25, 0.3) is 5.91 Å². The molecular weight excluding hydrogens is 312 g/mol. The molecule has 23 heavy (non-hydrogen) atoms. The van der Waals surface area contributed by atoms with E-state index in [1.165, 1.54) is 0 Å². The fourth-order valence-corrected chi connectivity index (χ4v) is 2.72. The van der Waals surface area contributed by atoms with Crippen LogP contribution in [0.25, 0.3) is 0 Å². The molecule has 3 rings (SSSR count). The van der Waals surface area contributed by atoms with Gasteiger partial charge in [0.1, 0.15) is 5.75 Å². The van der Waals surface area contributed by atoms with E-state index in [1.807, 2.05) is 49.4 Å². The minimum absolute atomic E-state index is 0. The Morgan fingerprint density at radius 1 is 1.22 bits per heavy atom. The van der Waals surface area contributed by atoms with E-state index in [1.54, 1.807) is 0 Å². The van der Waals surface area contributed by atoms with Crippen LogP contribution < -0.4 is 15.4 Å². The Balaban J connectivity index is 0.00000192. The van der Waals surface area contributed by atoms with E-state index in [2.05, 4.69) is 10.6 Å². The van der Waals surface area contributed by atoms with Gasteiger partial charge in [-0.3, -0.25) is 4.79 Å². The van der Waals surface area contributed by atoms with E-state index in [4.69, 9.17) is 4.74 Å². The number of carbonyl (C=O) groups is 1. The van der Waals surface area contributed by atoms with Gasteiger partial charge in [0.15, 0.2) is 0 Å². The largest absolute Gasteiger partial charge is 0.494 e. The van der Waals surface area contributed by atoms with Crippen LogP contribution in [0.3, 0.4) is 0 Å². The number of hydrogen-bond donors (Lipinski definition) is 2. The zero-order chi connectivity index (χ0) is 15.4. The fraction of sp³-hybridized carbons (Fsp3) is 0.278. The molecular formula is C18H21ClN2O2. The summed E-state index contributed by atoms with van der Waals surface area (Å²) < 4.78 is 5.40. The molecule has 1 amide bonds. The Bertz CT molecular complexity index is 671. The van der Waals surface area contributed by atoms with Gasteiger partial charge in [-0.25, -0.2) is 0 Å². The van der Waals surface area contributed by atoms with E-state index >= 15 is 0 Å². The second-order valence-electron chi connectivity index (χ2n) is 5.27. The van der Waals surface area contributed by atoms with Crippen molar-refractivity contribution in [2.75, 3.05) is 23.8 Å². The summed E-state index contributed by atoms with van der Waals surface area (Å²) in [4.78, 5) is 12.5. The molecule has 0 saturated heterocycles. The maximum absolute atomic E-state index is 12.5. The average molecular weight is 333 g/mol. The molecule has 0 unspecified atom stereocenters. The molecule has 2 N–H and O–H groups in total. The van der Waals surface area contributed by atoms with Gasteiger partial charge in [-0.05, 0) is 61.7 Å². The van der Waals surface area contributed by atoms with Gasteiger partial charge in [0, 0.05) is 23.5 Å². The lowest BCUT2D eigenvalue weighted by molar-refractivity contribution is 0.102. The molecule has 2 aromatic carbocycles. The third-order valence-corrected chi connectivity index (χ3v) is 3.76. The minimum atomic E-state index is -0.0651. The van der Waals surface area contributed by atoms with E-state index in [0.717, 1.165) is 47.6 Å². The Morgan fingerprint density at radius 3 is 2.74 bits per heavy atom. The van der Waals surface area contributed by atoms with Gasteiger partial charge in [0.05, 0.1) is 6.61 Å².